The van der Waals surface area contributed by atoms with E-state index in [4.69, 9.17) is 18.9 Å². The van der Waals surface area contributed by atoms with Crippen LogP contribution >= 0.6 is 0 Å². The molecule has 0 aromatic heterocycles. The van der Waals surface area contributed by atoms with Crippen LogP contribution in [0, 0.1) is 0 Å². The molecule has 0 rings (SSSR count). The van der Waals surface area contributed by atoms with Gasteiger partial charge in [-0.1, -0.05) is 305 Å². The molecule has 0 heterocycles. The van der Waals surface area contributed by atoms with Crippen molar-refractivity contribution in [2.24, 2.45) is 0 Å². The average Bonchev–Trinajstić information content (AvgIpc) is 3.73. The summed E-state index contributed by atoms with van der Waals surface area (Å²) in [5.74, 6) is -2.32. The standard InChI is InChI=1S/C84H135NO8/c1-6-8-10-12-14-16-18-20-22-24-26-28-30-32-34-36-38-39-40-41-42-43-45-47-49-51-53-55-57-59-61-63-65-67-69-71-73-75-82(87)93-80(79-92-84(83(88)89)90-77-76-85(3,4)5)78-91-81(86)74-72-70-68-66-64-62-60-58-56-54-52-50-48-46-44-37-35-33-31-29-27-25-23-21-19-17-15-13-11-9-7-2/h8-11,14-17,20-23,26-29,32-35,38-39,41-42,45,47,51,53,57,59,80,84H,6-7,12-13,18-19,24-25,30-31,36-37,40,43-44,46,48-50,52,54-56,58,60-79H2,1-5H3/b10-8-,11-9-,16-14-,17-15-,22-20-,23-21-,28-26-,29-27-,34-32-,35-33-,39-38-,42-41-,47-45-,53-51-,59-57-. The summed E-state index contributed by atoms with van der Waals surface area (Å²) >= 11 is 0. The van der Waals surface area contributed by atoms with Crippen molar-refractivity contribution >= 4 is 17.9 Å². The largest absolute Gasteiger partial charge is 0.545 e. The van der Waals surface area contributed by atoms with Gasteiger partial charge in [-0.3, -0.25) is 9.59 Å². The molecule has 0 saturated carbocycles. The highest BCUT2D eigenvalue weighted by Gasteiger charge is 2.22. The van der Waals surface area contributed by atoms with Crippen LogP contribution in [0.3, 0.4) is 0 Å². The molecule has 0 bridgehead atoms. The molecule has 9 nitrogen and oxygen atoms in total. The highest BCUT2D eigenvalue weighted by Crippen LogP contribution is 2.16. The summed E-state index contributed by atoms with van der Waals surface area (Å²) in [5.41, 5.74) is 0. The highest BCUT2D eigenvalue weighted by molar-refractivity contribution is 5.70. The van der Waals surface area contributed by atoms with Crippen LogP contribution in [0.4, 0.5) is 0 Å². The maximum atomic E-state index is 13.0. The number of carbonyl (C=O) groups excluding carboxylic acids is 3. The smallest absolute Gasteiger partial charge is 0.306 e. The van der Waals surface area contributed by atoms with Gasteiger partial charge in [0.15, 0.2) is 12.4 Å². The number of rotatable bonds is 66. The SMILES string of the molecule is CC/C=C\C/C=C\C/C=C\C/C=C\C/C=C\C/C=C\C/C=C\C/C=C\C/C=C\C/C=C\CCCCCCCCC(=O)OC(COC(=O)CCCCCCCCCCCCCCCCC/C=C\C/C=C\C/C=C\C/C=C\C/C=C\CC)COC(OCC[N+](C)(C)C)C(=O)[O-]. The molecular weight excluding hydrogens is 1150 g/mol. The Bertz CT molecular complexity index is 2190. The number of allylic oxidation sites excluding steroid dienone is 30. The third kappa shape index (κ3) is 73.7. The molecule has 0 aliphatic rings. The van der Waals surface area contributed by atoms with Crippen LogP contribution in [0.15, 0.2) is 182 Å². The number of quaternary nitrogens is 1. The number of carboxylic acid groups (broad SMARTS) is 1. The third-order valence-corrected chi connectivity index (χ3v) is 15.1. The highest BCUT2D eigenvalue weighted by atomic mass is 16.7. The van der Waals surface area contributed by atoms with Gasteiger partial charge in [0, 0.05) is 12.8 Å². The Labute approximate surface area is 570 Å². The molecule has 0 N–H and O–H groups in total. The predicted molar refractivity (Wildman–Crippen MR) is 398 cm³/mol. The molecule has 9 heteroatoms. The molecule has 0 aromatic rings. The lowest BCUT2D eigenvalue weighted by Crippen LogP contribution is -2.44. The number of hydrogen-bond acceptors (Lipinski definition) is 8. The molecule has 2 unspecified atom stereocenters. The van der Waals surface area contributed by atoms with E-state index >= 15 is 0 Å². The van der Waals surface area contributed by atoms with Gasteiger partial charge >= 0.3 is 11.9 Å². The van der Waals surface area contributed by atoms with E-state index in [-0.39, 0.29) is 38.6 Å². The third-order valence-electron chi connectivity index (χ3n) is 15.1. The lowest BCUT2D eigenvalue weighted by Gasteiger charge is -2.26. The van der Waals surface area contributed by atoms with Gasteiger partial charge in [0.1, 0.15) is 13.2 Å². The van der Waals surface area contributed by atoms with Gasteiger partial charge in [0.05, 0.1) is 40.3 Å². The van der Waals surface area contributed by atoms with E-state index < -0.39 is 24.3 Å². The number of unbranched alkanes of at least 4 members (excludes halogenated alkanes) is 21. The summed E-state index contributed by atoms with van der Waals surface area (Å²) in [5, 5.41) is 11.8. The van der Waals surface area contributed by atoms with Crippen molar-refractivity contribution in [1.82, 2.24) is 0 Å². The first-order chi connectivity index (χ1) is 45.6. The normalized spacial score (nSPS) is 13.8. The first kappa shape index (κ1) is 87.4. The molecule has 0 amide bonds. The minimum Gasteiger partial charge on any atom is -0.545 e. The van der Waals surface area contributed by atoms with E-state index in [9.17, 15) is 19.5 Å². The zero-order chi connectivity index (χ0) is 67.5. The second-order valence-electron chi connectivity index (χ2n) is 25.1. The molecular formula is C84H135NO8. The first-order valence-electron chi connectivity index (χ1n) is 36.9. The van der Waals surface area contributed by atoms with Crippen molar-refractivity contribution in [3.63, 3.8) is 0 Å². The van der Waals surface area contributed by atoms with Crippen LogP contribution in [-0.4, -0.2) is 82.3 Å². The Kier molecular flexibility index (Phi) is 67.9. The van der Waals surface area contributed by atoms with Crippen molar-refractivity contribution < 1.29 is 42.9 Å². The van der Waals surface area contributed by atoms with Crippen LogP contribution in [0.5, 0.6) is 0 Å². The van der Waals surface area contributed by atoms with Crippen LogP contribution < -0.4 is 5.11 Å². The molecule has 0 saturated heterocycles. The molecule has 2 atom stereocenters. The summed E-state index contributed by atoms with van der Waals surface area (Å²) < 4.78 is 22.8. The van der Waals surface area contributed by atoms with E-state index in [1.54, 1.807) is 0 Å². The molecule has 93 heavy (non-hydrogen) atoms. The minimum absolute atomic E-state index is 0.136. The van der Waals surface area contributed by atoms with Gasteiger partial charge in [0.2, 0.25) is 0 Å². The Balaban J connectivity index is 4.19. The Morgan fingerprint density at radius 2 is 0.581 bits per heavy atom. The monoisotopic (exact) mass is 1290 g/mol. The number of esters is 2. The minimum atomic E-state index is -1.64. The predicted octanol–water partition coefficient (Wildman–Crippen LogP) is 22.2. The molecule has 0 spiro atoms. The maximum Gasteiger partial charge on any atom is 0.306 e. The number of aliphatic carboxylic acids is 1. The fraction of sp³-hybridized carbons (Fsp3) is 0.607. The van der Waals surface area contributed by atoms with E-state index in [1.807, 2.05) is 21.1 Å². The molecule has 0 aliphatic heterocycles. The summed E-state index contributed by atoms with van der Waals surface area (Å²) in [6, 6.07) is 0. The van der Waals surface area contributed by atoms with Crippen molar-refractivity contribution in [3.05, 3.63) is 182 Å². The molecule has 524 valence electrons. The summed E-state index contributed by atoms with van der Waals surface area (Å²) in [7, 11) is 5.92. The number of carbonyl (C=O) groups is 3. The Hall–Kier alpha value is -5.61. The van der Waals surface area contributed by atoms with Crippen LogP contribution in [0.2, 0.25) is 0 Å². The van der Waals surface area contributed by atoms with Crippen LogP contribution in [0.1, 0.15) is 271 Å². The molecule has 0 fully saturated rings. The van der Waals surface area contributed by atoms with Gasteiger partial charge in [-0.2, -0.15) is 0 Å². The number of ether oxygens (including phenoxy) is 4. The van der Waals surface area contributed by atoms with Crippen molar-refractivity contribution in [3.8, 4) is 0 Å². The van der Waals surface area contributed by atoms with Crippen LogP contribution in [0.25, 0.3) is 0 Å². The quantitative estimate of drug-likeness (QED) is 0.0195. The number of likely N-dealkylation sites (N-methyl/N-ethyl adjacent to an activating group) is 1. The zero-order valence-corrected chi connectivity index (χ0v) is 59.8. The second kappa shape index (κ2) is 72.2. The van der Waals surface area contributed by atoms with Crippen LogP contribution in [-0.2, 0) is 33.3 Å². The summed E-state index contributed by atoms with van der Waals surface area (Å²) in [4.78, 5) is 37.6. The van der Waals surface area contributed by atoms with Crippen molar-refractivity contribution in [2.75, 3.05) is 47.5 Å². The molecule has 0 aromatic carbocycles. The summed E-state index contributed by atoms with van der Waals surface area (Å²) in [6.07, 6.45) is 107. The van der Waals surface area contributed by atoms with E-state index in [0.29, 0.717) is 17.4 Å². The van der Waals surface area contributed by atoms with E-state index in [0.717, 1.165) is 154 Å². The number of hydrogen-bond donors (Lipinski definition) is 0. The lowest BCUT2D eigenvalue weighted by atomic mass is 10.0. The Morgan fingerprint density at radius 1 is 0.323 bits per heavy atom. The van der Waals surface area contributed by atoms with Crippen molar-refractivity contribution in [2.45, 2.75) is 283 Å². The van der Waals surface area contributed by atoms with Gasteiger partial charge in [-0.25, -0.2) is 0 Å². The maximum absolute atomic E-state index is 13.0. The second-order valence-corrected chi connectivity index (χ2v) is 25.1. The van der Waals surface area contributed by atoms with Gasteiger partial charge in [-0.05, 0) is 135 Å². The molecule has 0 aliphatic carbocycles. The first-order valence-corrected chi connectivity index (χ1v) is 36.9. The average molecular weight is 1290 g/mol. The molecule has 0 radical (unpaired) electrons. The Morgan fingerprint density at radius 3 is 0.860 bits per heavy atom. The number of nitrogens with zero attached hydrogens (tertiary/aromatic N) is 1. The van der Waals surface area contributed by atoms with Gasteiger partial charge in [0.25, 0.3) is 0 Å². The lowest BCUT2D eigenvalue weighted by molar-refractivity contribution is -0.870. The van der Waals surface area contributed by atoms with E-state index in [1.165, 1.54) is 83.5 Å². The summed E-state index contributed by atoms with van der Waals surface area (Å²) in [6.45, 7) is 4.50. The van der Waals surface area contributed by atoms with Crippen molar-refractivity contribution in [1.29, 1.82) is 0 Å². The fourth-order valence-electron chi connectivity index (χ4n) is 9.59. The van der Waals surface area contributed by atoms with Gasteiger partial charge in [-0.15, -0.1) is 0 Å². The van der Waals surface area contributed by atoms with E-state index in [2.05, 4.69) is 196 Å². The number of carboxylic acids is 1. The fourth-order valence-corrected chi connectivity index (χ4v) is 9.59. The topological polar surface area (TPSA) is 111 Å². The zero-order valence-electron chi connectivity index (χ0n) is 59.8. The van der Waals surface area contributed by atoms with Gasteiger partial charge < -0.3 is 33.3 Å².